The van der Waals surface area contributed by atoms with E-state index in [0.29, 0.717) is 22.6 Å². The predicted molar refractivity (Wildman–Crippen MR) is 82.4 cm³/mol. The van der Waals surface area contributed by atoms with E-state index in [4.69, 9.17) is 9.47 Å². The average molecular weight is 302 g/mol. The summed E-state index contributed by atoms with van der Waals surface area (Å²) in [6, 6.07) is 7.55. The summed E-state index contributed by atoms with van der Waals surface area (Å²) >= 11 is 1.48. The lowest BCUT2D eigenvalue weighted by atomic mass is 10.2. The molecule has 0 amide bonds. The van der Waals surface area contributed by atoms with Crippen LogP contribution in [0, 0.1) is 0 Å². The Morgan fingerprint density at radius 3 is 2.95 bits per heavy atom. The van der Waals surface area contributed by atoms with Crippen LogP contribution in [0.5, 0.6) is 11.5 Å². The van der Waals surface area contributed by atoms with Crippen molar-refractivity contribution < 1.29 is 9.47 Å². The van der Waals surface area contributed by atoms with Gasteiger partial charge in [-0.1, -0.05) is 17.8 Å². The highest BCUT2D eigenvalue weighted by molar-refractivity contribution is 7.98. The van der Waals surface area contributed by atoms with E-state index in [1.165, 1.54) is 11.8 Å². The summed E-state index contributed by atoms with van der Waals surface area (Å²) in [4.78, 5) is 8.62. The van der Waals surface area contributed by atoms with Gasteiger partial charge >= 0.3 is 0 Å². The van der Waals surface area contributed by atoms with Gasteiger partial charge in [-0.3, -0.25) is 0 Å². The Bertz CT molecular complexity index is 705. The molecule has 0 radical (unpaired) electrons. The molecule has 2 heterocycles. The third-order valence-corrected chi connectivity index (χ3v) is 3.53. The quantitative estimate of drug-likeness (QED) is 0.641. The Morgan fingerprint density at radius 1 is 1.33 bits per heavy atom. The van der Waals surface area contributed by atoms with Crippen molar-refractivity contribution in [3.8, 4) is 11.5 Å². The first-order chi connectivity index (χ1) is 10.2. The minimum atomic E-state index is 0.490. The molecule has 0 bridgehead atoms. The minimum absolute atomic E-state index is 0.490. The Balaban J connectivity index is 1.97. The summed E-state index contributed by atoms with van der Waals surface area (Å²) in [6.45, 7) is 0. The number of thioether (sulfide) groups is 1. The zero-order chi connectivity index (χ0) is 14.8. The Kier molecular flexibility index (Phi) is 3.66. The Morgan fingerprint density at radius 2 is 2.19 bits per heavy atom. The number of fused-ring (bicyclic) bond motifs is 1. The van der Waals surface area contributed by atoms with E-state index < -0.39 is 0 Å². The number of benzene rings is 1. The van der Waals surface area contributed by atoms with Crippen LogP contribution >= 0.6 is 11.8 Å². The Hall–Kier alpha value is -2.28. The fourth-order valence-corrected chi connectivity index (χ4v) is 2.27. The lowest BCUT2D eigenvalue weighted by molar-refractivity contribution is 0.414. The third-order valence-electron chi connectivity index (χ3n) is 2.97. The van der Waals surface area contributed by atoms with Crippen LogP contribution in [0.25, 0.3) is 0 Å². The molecule has 1 aromatic heterocycles. The van der Waals surface area contributed by atoms with Crippen LogP contribution in [0.3, 0.4) is 0 Å². The van der Waals surface area contributed by atoms with Gasteiger partial charge < -0.3 is 9.47 Å². The number of aromatic nitrogens is 2. The topological polar surface area (TPSA) is 59.8 Å². The van der Waals surface area contributed by atoms with Gasteiger partial charge in [0.2, 0.25) is 5.90 Å². The zero-order valence-corrected chi connectivity index (χ0v) is 12.7. The summed E-state index contributed by atoms with van der Waals surface area (Å²) in [6.07, 6.45) is 3.59. The number of rotatable bonds is 3. The van der Waals surface area contributed by atoms with Crippen molar-refractivity contribution in [2.24, 2.45) is 5.10 Å². The van der Waals surface area contributed by atoms with E-state index in [1.54, 1.807) is 18.3 Å². The van der Waals surface area contributed by atoms with Gasteiger partial charge in [-0.05, 0) is 24.5 Å². The molecule has 6 nitrogen and oxygen atoms in total. The summed E-state index contributed by atoms with van der Waals surface area (Å²) in [5, 5.41) is 6.79. The highest BCUT2D eigenvalue weighted by Crippen LogP contribution is 2.31. The second kappa shape index (κ2) is 5.61. The first-order valence-corrected chi connectivity index (χ1v) is 7.49. The van der Waals surface area contributed by atoms with E-state index in [-0.39, 0.29) is 0 Å². The van der Waals surface area contributed by atoms with Gasteiger partial charge in [0.05, 0.1) is 13.3 Å². The SMILES string of the molecule is COc1cccc(C2=NN(C)c3nc(SC)ncc3O2)c1. The van der Waals surface area contributed by atoms with Gasteiger partial charge in [0.1, 0.15) is 5.75 Å². The van der Waals surface area contributed by atoms with Crippen molar-refractivity contribution in [3.63, 3.8) is 0 Å². The molecular formula is C14H14N4O2S. The molecule has 1 aliphatic rings. The molecule has 1 aromatic carbocycles. The van der Waals surface area contributed by atoms with Gasteiger partial charge in [0.25, 0.3) is 0 Å². The minimum Gasteiger partial charge on any atom is -0.497 e. The molecule has 108 valence electrons. The molecule has 0 unspecified atom stereocenters. The van der Waals surface area contributed by atoms with Crippen LogP contribution in [0.4, 0.5) is 5.82 Å². The number of nitrogens with zero attached hydrogens (tertiary/aromatic N) is 4. The molecule has 2 aromatic rings. The van der Waals surface area contributed by atoms with Gasteiger partial charge in [-0.15, -0.1) is 5.10 Å². The maximum atomic E-state index is 5.81. The largest absolute Gasteiger partial charge is 0.497 e. The molecule has 0 saturated carbocycles. The fraction of sp³-hybridized carbons (Fsp3) is 0.214. The number of anilines is 1. The van der Waals surface area contributed by atoms with Crippen molar-refractivity contribution >= 4 is 23.5 Å². The second-order valence-electron chi connectivity index (χ2n) is 4.31. The van der Waals surface area contributed by atoms with Gasteiger partial charge in [0.15, 0.2) is 16.7 Å². The molecule has 1 aliphatic heterocycles. The summed E-state index contributed by atoms with van der Waals surface area (Å²) in [7, 11) is 3.46. The molecule has 0 fully saturated rings. The highest BCUT2D eigenvalue weighted by Gasteiger charge is 2.22. The summed E-state index contributed by atoms with van der Waals surface area (Å²) in [5.41, 5.74) is 0.834. The molecule has 7 heteroatoms. The summed E-state index contributed by atoms with van der Waals surface area (Å²) in [5.74, 6) is 2.48. The fourth-order valence-electron chi connectivity index (χ4n) is 1.93. The maximum absolute atomic E-state index is 5.81. The van der Waals surface area contributed by atoms with E-state index in [2.05, 4.69) is 15.1 Å². The third kappa shape index (κ3) is 2.64. The van der Waals surface area contributed by atoms with Crippen molar-refractivity contribution in [1.29, 1.82) is 0 Å². The van der Waals surface area contributed by atoms with Crippen molar-refractivity contribution in [3.05, 3.63) is 36.0 Å². The smallest absolute Gasteiger partial charge is 0.244 e. The van der Waals surface area contributed by atoms with E-state index in [1.807, 2.05) is 37.6 Å². The van der Waals surface area contributed by atoms with Crippen molar-refractivity contribution in [2.75, 3.05) is 25.4 Å². The number of hydrogen-bond acceptors (Lipinski definition) is 7. The van der Waals surface area contributed by atoms with E-state index >= 15 is 0 Å². The monoisotopic (exact) mass is 302 g/mol. The van der Waals surface area contributed by atoms with Crippen LogP contribution < -0.4 is 14.5 Å². The summed E-state index contributed by atoms with van der Waals surface area (Å²) < 4.78 is 11.0. The maximum Gasteiger partial charge on any atom is 0.244 e. The molecular weight excluding hydrogens is 288 g/mol. The molecule has 3 rings (SSSR count). The second-order valence-corrected chi connectivity index (χ2v) is 5.08. The van der Waals surface area contributed by atoms with Crippen molar-refractivity contribution in [1.82, 2.24) is 9.97 Å². The van der Waals surface area contributed by atoms with Crippen LogP contribution in [0.1, 0.15) is 5.56 Å². The van der Waals surface area contributed by atoms with E-state index in [0.717, 1.165) is 11.3 Å². The van der Waals surface area contributed by atoms with Gasteiger partial charge in [-0.25, -0.2) is 9.99 Å². The lowest BCUT2D eigenvalue weighted by Gasteiger charge is -2.23. The number of hydrazone groups is 1. The molecule has 21 heavy (non-hydrogen) atoms. The first-order valence-electron chi connectivity index (χ1n) is 6.27. The zero-order valence-electron chi connectivity index (χ0n) is 11.9. The first kappa shape index (κ1) is 13.7. The normalized spacial score (nSPS) is 13.3. The van der Waals surface area contributed by atoms with Crippen LogP contribution in [-0.4, -0.2) is 36.3 Å². The van der Waals surface area contributed by atoms with Crippen LogP contribution in [-0.2, 0) is 0 Å². The molecule has 0 N–H and O–H groups in total. The van der Waals surface area contributed by atoms with Gasteiger partial charge in [-0.2, -0.15) is 4.98 Å². The number of methoxy groups -OCH3 is 1. The van der Waals surface area contributed by atoms with E-state index in [9.17, 15) is 0 Å². The lowest BCUT2D eigenvalue weighted by Crippen LogP contribution is -2.25. The molecule has 0 saturated heterocycles. The van der Waals surface area contributed by atoms with Crippen molar-refractivity contribution in [2.45, 2.75) is 5.16 Å². The van der Waals surface area contributed by atoms with Gasteiger partial charge in [0, 0.05) is 12.6 Å². The Labute approximate surface area is 126 Å². The molecule has 0 aliphatic carbocycles. The van der Waals surface area contributed by atoms with Crippen LogP contribution in [0.15, 0.2) is 40.7 Å². The predicted octanol–water partition coefficient (Wildman–Crippen LogP) is 2.40. The molecule has 0 atom stereocenters. The highest BCUT2D eigenvalue weighted by atomic mass is 32.2. The standard InChI is InChI=1S/C14H14N4O2S/c1-18-12-11(8-15-14(16-12)21-3)20-13(17-18)9-5-4-6-10(7-9)19-2/h4-8H,1-3H3. The number of hydrogen-bond donors (Lipinski definition) is 0. The number of ether oxygens (including phenoxy) is 2. The van der Waals surface area contributed by atoms with Crippen LogP contribution in [0.2, 0.25) is 0 Å². The average Bonchev–Trinajstić information content (AvgIpc) is 2.54. The molecule has 0 spiro atoms.